The summed E-state index contributed by atoms with van der Waals surface area (Å²) in [6.45, 7) is 2.51. The lowest BCUT2D eigenvalue weighted by molar-refractivity contribution is -0.138. The molecule has 0 aliphatic carbocycles. The molecule has 0 aliphatic heterocycles. The fourth-order valence-electron chi connectivity index (χ4n) is 1.77. The van der Waals surface area contributed by atoms with E-state index < -0.39 is 11.7 Å². The zero-order valence-electron chi connectivity index (χ0n) is 11.9. The second-order valence-corrected chi connectivity index (χ2v) is 5.36. The first-order chi connectivity index (χ1) is 9.88. The highest BCUT2D eigenvalue weighted by molar-refractivity contribution is 7.99. The summed E-state index contributed by atoms with van der Waals surface area (Å²) in [4.78, 5) is 11.1. The molecule has 0 amide bonds. The van der Waals surface area contributed by atoms with Crippen molar-refractivity contribution in [3.05, 3.63) is 35.4 Å². The van der Waals surface area contributed by atoms with Crippen molar-refractivity contribution in [3.63, 3.8) is 0 Å². The number of alkyl halides is 3. The maximum Gasteiger partial charge on any atom is 0.416 e. The van der Waals surface area contributed by atoms with Crippen LogP contribution in [0.4, 0.5) is 13.2 Å². The molecule has 1 aromatic rings. The number of esters is 1. The predicted molar refractivity (Wildman–Crippen MR) is 77.2 cm³/mol. The molecule has 0 saturated heterocycles. The Morgan fingerprint density at radius 1 is 1.43 bits per heavy atom. The smallest absolute Gasteiger partial charge is 0.416 e. The molecule has 0 aliphatic rings. The normalized spacial score (nSPS) is 13.0. The Balaban J connectivity index is 2.78. The summed E-state index contributed by atoms with van der Waals surface area (Å²) in [5.41, 5.74) is -0.107. The van der Waals surface area contributed by atoms with E-state index in [0.29, 0.717) is 17.9 Å². The largest absolute Gasteiger partial charge is 0.468 e. The molecule has 1 N–H and O–H groups in total. The van der Waals surface area contributed by atoms with Crippen LogP contribution in [-0.4, -0.2) is 31.1 Å². The van der Waals surface area contributed by atoms with Gasteiger partial charge in [-0.25, -0.2) is 0 Å². The fourth-order valence-corrected chi connectivity index (χ4v) is 2.72. The number of carbonyl (C=O) groups is 1. The monoisotopic (exact) mass is 321 g/mol. The van der Waals surface area contributed by atoms with E-state index in [9.17, 15) is 18.0 Å². The summed E-state index contributed by atoms with van der Waals surface area (Å²) in [7, 11) is 1.30. The van der Waals surface area contributed by atoms with Crippen LogP contribution in [0.15, 0.2) is 24.3 Å². The molecule has 0 heterocycles. The molecule has 0 saturated carbocycles. The third-order valence-corrected chi connectivity index (χ3v) is 3.81. The van der Waals surface area contributed by atoms with E-state index in [1.165, 1.54) is 24.9 Å². The Kier molecular flexibility index (Phi) is 7.04. The van der Waals surface area contributed by atoms with E-state index in [1.54, 1.807) is 6.07 Å². The van der Waals surface area contributed by atoms with Crippen molar-refractivity contribution < 1.29 is 22.7 Å². The zero-order valence-corrected chi connectivity index (χ0v) is 12.7. The van der Waals surface area contributed by atoms with Crippen molar-refractivity contribution >= 4 is 17.7 Å². The molecule has 118 valence electrons. The summed E-state index contributed by atoms with van der Waals surface area (Å²) in [5.74, 6) is 0.320. The van der Waals surface area contributed by atoms with Crippen molar-refractivity contribution in [2.45, 2.75) is 19.1 Å². The molecule has 3 nitrogen and oxygen atoms in total. The minimum atomic E-state index is -4.36. The number of halogens is 3. The fraction of sp³-hybridized carbons (Fsp3) is 0.500. The molecule has 0 fully saturated rings. The van der Waals surface area contributed by atoms with Gasteiger partial charge in [-0.3, -0.25) is 4.79 Å². The lowest BCUT2D eigenvalue weighted by Crippen LogP contribution is -2.24. The van der Waals surface area contributed by atoms with Crippen LogP contribution in [-0.2, 0) is 15.7 Å². The highest BCUT2D eigenvalue weighted by Gasteiger charge is 2.30. The summed E-state index contributed by atoms with van der Waals surface area (Å²) in [6, 6.07) is 5.00. The van der Waals surface area contributed by atoms with E-state index in [1.807, 2.05) is 6.92 Å². The summed E-state index contributed by atoms with van der Waals surface area (Å²) in [5, 5.41) is 3.13. The van der Waals surface area contributed by atoms with Gasteiger partial charge in [0.05, 0.1) is 18.4 Å². The van der Waals surface area contributed by atoms with E-state index in [4.69, 9.17) is 0 Å². The summed E-state index contributed by atoms with van der Waals surface area (Å²) < 4.78 is 42.7. The molecule has 1 atom stereocenters. The van der Waals surface area contributed by atoms with E-state index >= 15 is 0 Å². The number of ether oxygens (including phenoxy) is 1. The second kappa shape index (κ2) is 8.29. The van der Waals surface area contributed by atoms with E-state index in [0.717, 1.165) is 12.1 Å². The van der Waals surface area contributed by atoms with Gasteiger partial charge < -0.3 is 10.1 Å². The van der Waals surface area contributed by atoms with Crippen LogP contribution in [0.3, 0.4) is 0 Å². The highest BCUT2D eigenvalue weighted by atomic mass is 32.2. The standard InChI is InChI=1S/C14H18F3NO2S/c1-3-18-12(8-21-9-13(19)20-2)10-5-4-6-11(7-10)14(15,16)17/h4-7,12,18H,3,8-9H2,1-2H3. The second-order valence-electron chi connectivity index (χ2n) is 4.32. The van der Waals surface area contributed by atoms with Crippen LogP contribution in [0, 0.1) is 0 Å². The first-order valence-corrected chi connectivity index (χ1v) is 7.59. The first kappa shape index (κ1) is 17.8. The van der Waals surface area contributed by atoms with Crippen LogP contribution in [0.25, 0.3) is 0 Å². The van der Waals surface area contributed by atoms with Crippen LogP contribution in [0.1, 0.15) is 24.1 Å². The molecule has 7 heteroatoms. The maximum atomic E-state index is 12.7. The van der Waals surface area contributed by atoms with Gasteiger partial charge in [0.2, 0.25) is 0 Å². The van der Waals surface area contributed by atoms with Gasteiger partial charge in [-0.2, -0.15) is 13.2 Å². The van der Waals surface area contributed by atoms with Gasteiger partial charge in [0, 0.05) is 11.8 Å². The van der Waals surface area contributed by atoms with Crippen molar-refractivity contribution in [2.75, 3.05) is 25.2 Å². The van der Waals surface area contributed by atoms with Crippen molar-refractivity contribution in [1.29, 1.82) is 0 Å². The Hall–Kier alpha value is -1.21. The average Bonchev–Trinajstić information content (AvgIpc) is 2.45. The Labute approximate surface area is 126 Å². The molecule has 1 aromatic carbocycles. The minimum Gasteiger partial charge on any atom is -0.468 e. The van der Waals surface area contributed by atoms with E-state index in [-0.39, 0.29) is 17.8 Å². The predicted octanol–water partition coefficient (Wildman–Crippen LogP) is 3.26. The molecule has 0 aromatic heterocycles. The number of methoxy groups -OCH3 is 1. The lowest BCUT2D eigenvalue weighted by Gasteiger charge is -2.19. The van der Waals surface area contributed by atoms with Crippen LogP contribution in [0.5, 0.6) is 0 Å². The third-order valence-electron chi connectivity index (χ3n) is 2.80. The van der Waals surface area contributed by atoms with Gasteiger partial charge in [0.15, 0.2) is 0 Å². The molecule has 1 unspecified atom stereocenters. The number of hydrogen-bond donors (Lipinski definition) is 1. The number of nitrogens with one attached hydrogen (secondary N) is 1. The molecule has 0 spiro atoms. The number of carbonyl (C=O) groups excluding carboxylic acids is 1. The topological polar surface area (TPSA) is 38.3 Å². The van der Waals surface area contributed by atoms with E-state index in [2.05, 4.69) is 10.1 Å². The average molecular weight is 321 g/mol. The van der Waals surface area contributed by atoms with Gasteiger partial charge in [-0.15, -0.1) is 11.8 Å². The first-order valence-electron chi connectivity index (χ1n) is 6.43. The number of hydrogen-bond acceptors (Lipinski definition) is 4. The Morgan fingerprint density at radius 2 is 2.14 bits per heavy atom. The summed E-state index contributed by atoms with van der Waals surface area (Å²) in [6.07, 6.45) is -4.36. The van der Waals surface area contributed by atoms with Crippen LogP contribution >= 0.6 is 11.8 Å². The molecular weight excluding hydrogens is 303 g/mol. The maximum absolute atomic E-state index is 12.7. The molecule has 1 rings (SSSR count). The van der Waals surface area contributed by atoms with Gasteiger partial charge in [-0.1, -0.05) is 19.1 Å². The minimum absolute atomic E-state index is 0.178. The molecule has 0 bridgehead atoms. The van der Waals surface area contributed by atoms with Gasteiger partial charge in [0.1, 0.15) is 0 Å². The SMILES string of the molecule is CCNC(CSCC(=O)OC)c1cccc(C(F)(F)F)c1. The van der Waals surface area contributed by atoms with Gasteiger partial charge >= 0.3 is 12.1 Å². The van der Waals surface area contributed by atoms with Gasteiger partial charge in [0.25, 0.3) is 0 Å². The molecule has 0 radical (unpaired) electrons. The molecule has 21 heavy (non-hydrogen) atoms. The van der Waals surface area contributed by atoms with Crippen LogP contribution in [0.2, 0.25) is 0 Å². The summed E-state index contributed by atoms with van der Waals surface area (Å²) >= 11 is 1.32. The number of rotatable bonds is 7. The van der Waals surface area contributed by atoms with Crippen molar-refractivity contribution in [3.8, 4) is 0 Å². The Morgan fingerprint density at radius 3 is 2.71 bits per heavy atom. The quantitative estimate of drug-likeness (QED) is 0.782. The Bertz CT molecular complexity index is 466. The number of benzene rings is 1. The van der Waals surface area contributed by atoms with Crippen LogP contribution < -0.4 is 5.32 Å². The van der Waals surface area contributed by atoms with Gasteiger partial charge in [-0.05, 0) is 24.2 Å². The third kappa shape index (κ3) is 5.97. The zero-order chi connectivity index (χ0) is 15.9. The molecular formula is C14H18F3NO2S. The van der Waals surface area contributed by atoms with Crippen molar-refractivity contribution in [2.24, 2.45) is 0 Å². The highest BCUT2D eigenvalue weighted by Crippen LogP contribution is 2.31. The lowest BCUT2D eigenvalue weighted by atomic mass is 10.0. The number of thioether (sulfide) groups is 1. The van der Waals surface area contributed by atoms with Crippen molar-refractivity contribution in [1.82, 2.24) is 5.32 Å².